The van der Waals surface area contributed by atoms with Crippen LogP contribution in [-0.2, 0) is 11.2 Å². The summed E-state index contributed by atoms with van der Waals surface area (Å²) in [4.78, 5) is 33.6. The van der Waals surface area contributed by atoms with Gasteiger partial charge < -0.3 is 15.7 Å². The van der Waals surface area contributed by atoms with Crippen LogP contribution in [0.4, 0.5) is 10.5 Å². The number of benzene rings is 1. The minimum absolute atomic E-state index is 0.0606. The number of carboxylic acid groups (broad SMARTS) is 1. The summed E-state index contributed by atoms with van der Waals surface area (Å²) < 4.78 is 0. The van der Waals surface area contributed by atoms with E-state index in [1.807, 2.05) is 6.07 Å². The van der Waals surface area contributed by atoms with Crippen LogP contribution in [0.3, 0.4) is 0 Å². The molecular formula is C14H16N2O4. The van der Waals surface area contributed by atoms with Gasteiger partial charge in [-0.1, -0.05) is 6.07 Å². The number of carboxylic acids is 1. The normalized spacial score (nSPS) is 13.5. The highest BCUT2D eigenvalue weighted by molar-refractivity contribution is 6.00. The summed E-state index contributed by atoms with van der Waals surface area (Å²) >= 11 is 0. The number of hydrogen-bond acceptors (Lipinski definition) is 3. The highest BCUT2D eigenvalue weighted by atomic mass is 16.4. The third kappa shape index (κ3) is 3.57. The number of amides is 2. The van der Waals surface area contributed by atoms with E-state index in [4.69, 9.17) is 5.11 Å². The molecule has 1 aliphatic rings. The Morgan fingerprint density at radius 3 is 2.80 bits per heavy atom. The van der Waals surface area contributed by atoms with Crippen LogP contribution in [-0.4, -0.2) is 29.4 Å². The summed E-state index contributed by atoms with van der Waals surface area (Å²) in [5.74, 6) is -0.870. The van der Waals surface area contributed by atoms with E-state index in [1.165, 1.54) is 0 Å². The third-order valence-corrected chi connectivity index (χ3v) is 3.14. The predicted molar refractivity (Wildman–Crippen MR) is 73.0 cm³/mol. The second-order valence-electron chi connectivity index (χ2n) is 4.67. The van der Waals surface area contributed by atoms with Crippen molar-refractivity contribution in [2.75, 3.05) is 11.9 Å². The molecule has 2 rings (SSSR count). The Balaban J connectivity index is 1.96. The van der Waals surface area contributed by atoms with E-state index in [-0.39, 0.29) is 18.7 Å². The SMILES string of the molecule is O=C(O)CCNC(=O)Nc1ccc2c(c1)C(=O)CCC2. The first kappa shape index (κ1) is 14.0. The number of fused-ring (bicyclic) bond motifs is 1. The maximum atomic E-state index is 11.8. The van der Waals surface area contributed by atoms with Crippen LogP contribution in [0.25, 0.3) is 0 Å². The largest absolute Gasteiger partial charge is 0.481 e. The molecule has 0 aromatic heterocycles. The number of aryl methyl sites for hydroxylation is 1. The quantitative estimate of drug-likeness (QED) is 0.781. The number of ketones is 1. The van der Waals surface area contributed by atoms with Gasteiger partial charge in [0.05, 0.1) is 6.42 Å². The lowest BCUT2D eigenvalue weighted by Gasteiger charge is -2.16. The van der Waals surface area contributed by atoms with E-state index >= 15 is 0 Å². The van der Waals surface area contributed by atoms with Gasteiger partial charge in [-0.3, -0.25) is 9.59 Å². The van der Waals surface area contributed by atoms with Gasteiger partial charge in [0.25, 0.3) is 0 Å². The standard InChI is InChI=1S/C14H16N2O4/c17-12-3-1-2-9-4-5-10(8-11(9)12)16-14(20)15-7-6-13(18)19/h4-5,8H,1-3,6-7H2,(H,18,19)(H2,15,16,20). The van der Waals surface area contributed by atoms with Gasteiger partial charge in [-0.2, -0.15) is 0 Å². The molecule has 0 saturated heterocycles. The van der Waals surface area contributed by atoms with Crippen LogP contribution in [0.1, 0.15) is 35.2 Å². The van der Waals surface area contributed by atoms with Crippen molar-refractivity contribution in [3.05, 3.63) is 29.3 Å². The van der Waals surface area contributed by atoms with Crippen LogP contribution in [0.15, 0.2) is 18.2 Å². The van der Waals surface area contributed by atoms with Crippen LogP contribution in [0, 0.1) is 0 Å². The lowest BCUT2D eigenvalue weighted by molar-refractivity contribution is -0.136. The fraction of sp³-hybridized carbons (Fsp3) is 0.357. The minimum atomic E-state index is -0.968. The molecule has 1 aromatic carbocycles. The van der Waals surface area contributed by atoms with E-state index in [0.717, 1.165) is 18.4 Å². The molecule has 0 aliphatic heterocycles. The highest BCUT2D eigenvalue weighted by Crippen LogP contribution is 2.24. The van der Waals surface area contributed by atoms with Gasteiger partial charge >= 0.3 is 12.0 Å². The number of rotatable bonds is 4. The average molecular weight is 276 g/mol. The Morgan fingerprint density at radius 1 is 1.25 bits per heavy atom. The Kier molecular flexibility index (Phi) is 4.34. The molecule has 106 valence electrons. The maximum absolute atomic E-state index is 11.8. The second-order valence-corrected chi connectivity index (χ2v) is 4.67. The monoisotopic (exact) mass is 276 g/mol. The molecule has 0 fully saturated rings. The fourth-order valence-electron chi connectivity index (χ4n) is 2.16. The first-order valence-electron chi connectivity index (χ1n) is 6.49. The van der Waals surface area contributed by atoms with E-state index in [0.29, 0.717) is 17.7 Å². The molecule has 3 N–H and O–H groups in total. The molecule has 0 heterocycles. The van der Waals surface area contributed by atoms with E-state index < -0.39 is 12.0 Å². The highest BCUT2D eigenvalue weighted by Gasteiger charge is 2.17. The van der Waals surface area contributed by atoms with Crippen molar-refractivity contribution in [2.24, 2.45) is 0 Å². The average Bonchev–Trinajstić information content (AvgIpc) is 2.39. The molecular weight excluding hydrogens is 260 g/mol. The molecule has 0 unspecified atom stereocenters. The topological polar surface area (TPSA) is 95.5 Å². The molecule has 6 heteroatoms. The number of Topliss-reactive ketones (excluding diaryl/α,β-unsaturated/α-hetero) is 1. The number of aliphatic carboxylic acids is 1. The summed E-state index contributed by atoms with van der Waals surface area (Å²) in [5.41, 5.74) is 2.21. The van der Waals surface area contributed by atoms with Gasteiger partial charge in [-0.25, -0.2) is 4.79 Å². The van der Waals surface area contributed by atoms with E-state index in [2.05, 4.69) is 10.6 Å². The number of carbonyl (C=O) groups excluding carboxylic acids is 2. The molecule has 20 heavy (non-hydrogen) atoms. The van der Waals surface area contributed by atoms with Gasteiger partial charge in [0.15, 0.2) is 5.78 Å². The predicted octanol–water partition coefficient (Wildman–Crippen LogP) is 1.80. The maximum Gasteiger partial charge on any atom is 0.319 e. The molecule has 0 spiro atoms. The number of hydrogen-bond donors (Lipinski definition) is 3. The van der Waals surface area contributed by atoms with Crippen molar-refractivity contribution in [1.82, 2.24) is 5.32 Å². The second kappa shape index (κ2) is 6.18. The Labute approximate surface area is 116 Å². The number of anilines is 1. The molecule has 6 nitrogen and oxygen atoms in total. The van der Waals surface area contributed by atoms with Crippen molar-refractivity contribution < 1.29 is 19.5 Å². The Bertz CT molecular complexity index is 554. The Morgan fingerprint density at radius 2 is 2.05 bits per heavy atom. The molecule has 0 bridgehead atoms. The van der Waals surface area contributed by atoms with Crippen molar-refractivity contribution >= 4 is 23.5 Å². The van der Waals surface area contributed by atoms with Crippen molar-refractivity contribution in [3.8, 4) is 0 Å². The van der Waals surface area contributed by atoms with Crippen molar-refractivity contribution in [2.45, 2.75) is 25.7 Å². The zero-order chi connectivity index (χ0) is 14.5. The summed E-state index contributed by atoms with van der Waals surface area (Å²) in [7, 11) is 0. The molecule has 0 saturated carbocycles. The number of nitrogens with one attached hydrogen (secondary N) is 2. The van der Waals surface area contributed by atoms with Crippen molar-refractivity contribution in [3.63, 3.8) is 0 Å². The summed E-state index contributed by atoms with van der Waals surface area (Å²) in [6.07, 6.45) is 2.16. The third-order valence-electron chi connectivity index (χ3n) is 3.14. The number of urea groups is 1. The fourth-order valence-corrected chi connectivity index (χ4v) is 2.16. The van der Waals surface area contributed by atoms with Gasteiger partial charge in [0.2, 0.25) is 0 Å². The van der Waals surface area contributed by atoms with Gasteiger partial charge in [-0.05, 0) is 30.5 Å². The smallest absolute Gasteiger partial charge is 0.319 e. The molecule has 1 aromatic rings. The lowest BCUT2D eigenvalue weighted by atomic mass is 9.90. The first-order valence-corrected chi connectivity index (χ1v) is 6.49. The van der Waals surface area contributed by atoms with Crippen LogP contribution < -0.4 is 10.6 Å². The Hall–Kier alpha value is -2.37. The summed E-state index contributed by atoms with van der Waals surface area (Å²) in [5, 5.41) is 13.5. The van der Waals surface area contributed by atoms with E-state index in [9.17, 15) is 14.4 Å². The molecule has 0 radical (unpaired) electrons. The van der Waals surface area contributed by atoms with E-state index in [1.54, 1.807) is 12.1 Å². The summed E-state index contributed by atoms with van der Waals surface area (Å²) in [6, 6.07) is 4.79. The van der Waals surface area contributed by atoms with Crippen molar-refractivity contribution in [1.29, 1.82) is 0 Å². The zero-order valence-corrected chi connectivity index (χ0v) is 10.9. The zero-order valence-electron chi connectivity index (χ0n) is 10.9. The van der Waals surface area contributed by atoms with Crippen LogP contribution in [0.2, 0.25) is 0 Å². The first-order chi connectivity index (χ1) is 9.56. The molecule has 1 aliphatic carbocycles. The number of carbonyl (C=O) groups is 3. The van der Waals surface area contributed by atoms with Gasteiger partial charge in [0, 0.05) is 24.2 Å². The summed E-state index contributed by atoms with van der Waals surface area (Å²) in [6.45, 7) is 0.0606. The van der Waals surface area contributed by atoms with Gasteiger partial charge in [-0.15, -0.1) is 0 Å². The molecule has 0 atom stereocenters. The lowest BCUT2D eigenvalue weighted by Crippen LogP contribution is -2.30. The van der Waals surface area contributed by atoms with Crippen LogP contribution >= 0.6 is 0 Å². The van der Waals surface area contributed by atoms with Gasteiger partial charge in [0.1, 0.15) is 0 Å². The minimum Gasteiger partial charge on any atom is -0.481 e. The molecule has 2 amide bonds. The van der Waals surface area contributed by atoms with Crippen LogP contribution in [0.5, 0.6) is 0 Å².